The van der Waals surface area contributed by atoms with Gasteiger partial charge >= 0.3 is 29.6 Å². The summed E-state index contributed by atoms with van der Waals surface area (Å²) in [5.41, 5.74) is -0.993. The first kappa shape index (κ1) is 12.9. The molecule has 0 radical (unpaired) electrons. The van der Waals surface area contributed by atoms with Gasteiger partial charge in [-0.1, -0.05) is 12.5 Å². The second-order valence-electron chi connectivity index (χ2n) is 6.33. The maximum atomic E-state index is 12.9. The van der Waals surface area contributed by atoms with Gasteiger partial charge in [-0.05, 0) is 55.3 Å². The monoisotopic (exact) mass is 227 g/mol. The Balaban J connectivity index is 0.000000963. The van der Waals surface area contributed by atoms with Crippen molar-refractivity contribution in [2.24, 2.45) is 23.2 Å². The van der Waals surface area contributed by atoms with Gasteiger partial charge in [-0.3, -0.25) is 0 Å². The maximum Gasteiger partial charge on any atom is 1.00 e. The van der Waals surface area contributed by atoms with Crippen molar-refractivity contribution < 1.29 is 34.7 Å². The largest absolute Gasteiger partial charge is 1.00 e. The molecular weight excluding hydrogens is 209 g/mol. The summed E-state index contributed by atoms with van der Waals surface area (Å²) in [6.45, 7) is 2.15. The van der Waals surface area contributed by atoms with Gasteiger partial charge in [0.25, 0.3) is 0 Å². The van der Waals surface area contributed by atoms with Crippen molar-refractivity contribution in [3.05, 3.63) is 0 Å². The summed E-state index contributed by atoms with van der Waals surface area (Å²) in [5.74, 6) is 1.90. The van der Waals surface area contributed by atoms with Gasteiger partial charge in [0, 0.05) is 6.42 Å². The fourth-order valence-corrected chi connectivity index (χ4v) is 4.95. The smallest absolute Gasteiger partial charge is 0.848 e. The van der Waals surface area contributed by atoms with E-state index in [1.54, 1.807) is 0 Å². The molecule has 0 N–H and O–H groups in total. The molecule has 4 rings (SSSR count). The average Bonchev–Trinajstić information content (AvgIpc) is 2.13. The molecule has 0 aromatic carbocycles. The first-order chi connectivity index (χ1) is 7.07. The molecule has 4 aliphatic rings. The van der Waals surface area contributed by atoms with E-state index >= 15 is 0 Å². The Morgan fingerprint density at radius 2 is 1.81 bits per heavy atom. The molecule has 0 saturated heterocycles. The van der Waals surface area contributed by atoms with Crippen molar-refractivity contribution in [1.82, 2.24) is 0 Å². The SMILES string of the molecule is CC12CC3CC(CC(C3)C1([O-])CC#N)C2.[Na+]. The van der Waals surface area contributed by atoms with Crippen LogP contribution in [0.25, 0.3) is 0 Å². The van der Waals surface area contributed by atoms with Gasteiger partial charge < -0.3 is 5.11 Å². The Kier molecular flexibility index (Phi) is 3.21. The third-order valence-electron chi connectivity index (χ3n) is 5.40. The zero-order chi connectivity index (χ0) is 10.7. The van der Waals surface area contributed by atoms with Gasteiger partial charge in [0.05, 0.1) is 6.07 Å². The van der Waals surface area contributed by atoms with Crippen molar-refractivity contribution in [1.29, 1.82) is 5.26 Å². The van der Waals surface area contributed by atoms with Gasteiger partial charge in [-0.25, -0.2) is 0 Å². The molecule has 2 nitrogen and oxygen atoms in total. The number of hydrogen-bond donors (Lipinski definition) is 0. The Morgan fingerprint density at radius 1 is 1.25 bits per heavy atom. The van der Waals surface area contributed by atoms with Crippen LogP contribution in [0.2, 0.25) is 0 Å². The molecule has 3 atom stereocenters. The molecule has 4 saturated carbocycles. The van der Waals surface area contributed by atoms with E-state index in [2.05, 4.69) is 13.0 Å². The zero-order valence-corrected chi connectivity index (χ0v) is 12.3. The predicted octanol–water partition coefficient (Wildman–Crippen LogP) is -1.15. The summed E-state index contributed by atoms with van der Waals surface area (Å²) >= 11 is 0. The molecule has 0 aromatic heterocycles. The van der Waals surface area contributed by atoms with Crippen LogP contribution in [-0.2, 0) is 0 Å². The Morgan fingerprint density at radius 3 is 2.25 bits per heavy atom. The molecular formula is C13H18NNaO. The van der Waals surface area contributed by atoms with Crippen LogP contribution in [0.3, 0.4) is 0 Å². The van der Waals surface area contributed by atoms with Crippen LogP contribution < -0.4 is 34.7 Å². The molecule has 16 heavy (non-hydrogen) atoms. The second kappa shape index (κ2) is 3.99. The van der Waals surface area contributed by atoms with E-state index in [1.807, 2.05) is 0 Å². The van der Waals surface area contributed by atoms with Crippen LogP contribution >= 0.6 is 0 Å². The van der Waals surface area contributed by atoms with Crippen molar-refractivity contribution in [2.45, 2.75) is 51.0 Å². The molecule has 4 bridgehead atoms. The van der Waals surface area contributed by atoms with Crippen LogP contribution in [0, 0.1) is 34.5 Å². The number of hydrogen-bond acceptors (Lipinski definition) is 2. The Bertz CT molecular complexity index is 323. The van der Waals surface area contributed by atoms with E-state index in [0.29, 0.717) is 5.92 Å². The van der Waals surface area contributed by atoms with Gasteiger partial charge in [0.1, 0.15) is 0 Å². The second-order valence-corrected chi connectivity index (χ2v) is 6.33. The van der Waals surface area contributed by atoms with E-state index in [0.717, 1.165) is 37.5 Å². The molecule has 3 heteroatoms. The van der Waals surface area contributed by atoms with E-state index in [9.17, 15) is 5.11 Å². The third kappa shape index (κ3) is 1.52. The third-order valence-corrected chi connectivity index (χ3v) is 5.40. The number of nitrogens with zero attached hydrogens (tertiary/aromatic N) is 1. The summed E-state index contributed by atoms with van der Waals surface area (Å²) in [4.78, 5) is 0. The van der Waals surface area contributed by atoms with Gasteiger partial charge in [0.2, 0.25) is 0 Å². The first-order valence-corrected chi connectivity index (χ1v) is 6.15. The van der Waals surface area contributed by atoms with E-state index in [-0.39, 0.29) is 41.4 Å². The zero-order valence-electron chi connectivity index (χ0n) is 10.3. The van der Waals surface area contributed by atoms with E-state index in [1.165, 1.54) is 6.42 Å². The molecule has 4 fully saturated rings. The minimum Gasteiger partial charge on any atom is -0.848 e. The standard InChI is InChI=1S/C13H18NO.Na/c1-12-7-9-4-10(8-12)6-11(5-9)13(12,15)2-3-14;/h9-11H,2,4-8H2,1H3;/q-1;+1. The predicted molar refractivity (Wildman–Crippen MR) is 54.6 cm³/mol. The quantitative estimate of drug-likeness (QED) is 0.531. The summed E-state index contributed by atoms with van der Waals surface area (Å²) in [6, 6.07) is 2.15. The topological polar surface area (TPSA) is 46.8 Å². The summed E-state index contributed by atoms with van der Waals surface area (Å²) in [7, 11) is 0. The van der Waals surface area contributed by atoms with Gasteiger partial charge in [-0.15, -0.1) is 0 Å². The van der Waals surface area contributed by atoms with Gasteiger partial charge in [-0.2, -0.15) is 5.26 Å². The minimum atomic E-state index is -0.921. The van der Waals surface area contributed by atoms with Crippen LogP contribution in [0.4, 0.5) is 0 Å². The molecule has 0 heterocycles. The molecule has 0 aromatic rings. The molecule has 0 aliphatic heterocycles. The Hall–Kier alpha value is 0.450. The van der Waals surface area contributed by atoms with Crippen molar-refractivity contribution in [3.63, 3.8) is 0 Å². The summed E-state index contributed by atoms with van der Waals surface area (Å²) in [5, 5.41) is 21.8. The van der Waals surface area contributed by atoms with Crippen LogP contribution in [0.15, 0.2) is 0 Å². The molecule has 0 amide bonds. The number of nitriles is 1. The number of rotatable bonds is 1. The summed E-state index contributed by atoms with van der Waals surface area (Å²) in [6.07, 6.45) is 5.98. The molecule has 0 spiro atoms. The maximum absolute atomic E-state index is 12.9. The normalized spacial score (nSPS) is 53.2. The minimum absolute atomic E-state index is 0. The van der Waals surface area contributed by atoms with E-state index < -0.39 is 5.60 Å². The Labute approximate surface area is 120 Å². The van der Waals surface area contributed by atoms with Crippen molar-refractivity contribution in [2.75, 3.05) is 0 Å². The fourth-order valence-electron chi connectivity index (χ4n) is 4.95. The fraction of sp³-hybridized carbons (Fsp3) is 0.923. The van der Waals surface area contributed by atoms with Crippen molar-refractivity contribution in [3.8, 4) is 6.07 Å². The van der Waals surface area contributed by atoms with Gasteiger partial charge in [0.15, 0.2) is 0 Å². The first-order valence-electron chi connectivity index (χ1n) is 6.15. The average molecular weight is 227 g/mol. The van der Waals surface area contributed by atoms with E-state index in [4.69, 9.17) is 5.26 Å². The molecule has 3 unspecified atom stereocenters. The van der Waals surface area contributed by atoms with Crippen LogP contribution in [-0.4, -0.2) is 5.60 Å². The molecule has 82 valence electrons. The molecule has 4 aliphatic carbocycles. The van der Waals surface area contributed by atoms with Crippen LogP contribution in [0.1, 0.15) is 45.4 Å². The van der Waals surface area contributed by atoms with Crippen LogP contribution in [0.5, 0.6) is 0 Å². The summed E-state index contributed by atoms with van der Waals surface area (Å²) < 4.78 is 0. The van der Waals surface area contributed by atoms with Crippen molar-refractivity contribution >= 4 is 0 Å².